The molecule has 0 atom stereocenters. The maximum atomic E-state index is 12.5. The maximum Gasteiger partial charge on any atom is 0.222 e. The molecular weight excluding hydrogens is 336 g/mol. The molecule has 1 aliphatic rings. The first-order valence-electron chi connectivity index (χ1n) is 9.86. The van der Waals surface area contributed by atoms with Gasteiger partial charge in [0.25, 0.3) is 0 Å². The van der Waals surface area contributed by atoms with Crippen molar-refractivity contribution in [2.75, 3.05) is 32.1 Å². The van der Waals surface area contributed by atoms with Crippen molar-refractivity contribution in [3.63, 3.8) is 0 Å². The summed E-state index contributed by atoms with van der Waals surface area (Å²) in [6.45, 7) is 2.97. The Morgan fingerprint density at radius 1 is 0.963 bits per heavy atom. The fourth-order valence-electron chi connectivity index (χ4n) is 3.56. The molecule has 4 nitrogen and oxygen atoms in total. The molecule has 2 aromatic carbocycles. The van der Waals surface area contributed by atoms with E-state index in [2.05, 4.69) is 29.2 Å². The molecule has 0 radical (unpaired) electrons. The molecule has 1 heterocycles. The van der Waals surface area contributed by atoms with Crippen LogP contribution in [0.15, 0.2) is 48.5 Å². The largest absolute Gasteiger partial charge is 0.497 e. The number of carbonyl (C=O) groups is 1. The maximum absolute atomic E-state index is 12.5. The predicted octanol–water partition coefficient (Wildman–Crippen LogP) is 4.28. The van der Waals surface area contributed by atoms with Crippen LogP contribution in [0.4, 0.5) is 5.69 Å². The van der Waals surface area contributed by atoms with E-state index in [0.717, 1.165) is 30.8 Å². The molecule has 0 saturated carbocycles. The summed E-state index contributed by atoms with van der Waals surface area (Å²) in [6, 6.07) is 16.6. The van der Waals surface area contributed by atoms with Gasteiger partial charge >= 0.3 is 0 Å². The minimum absolute atomic E-state index is 0.172. The molecule has 3 rings (SSSR count). The number of aryl methyl sites for hydroxylation is 1. The lowest BCUT2D eigenvalue weighted by atomic mass is 10.1. The molecular formula is C23H30N2O2. The third kappa shape index (κ3) is 5.49. The van der Waals surface area contributed by atoms with E-state index in [4.69, 9.17) is 4.74 Å². The number of nitrogens with zero attached hydrogens (tertiary/aromatic N) is 2. The number of methoxy groups -OCH3 is 1. The molecule has 2 aromatic rings. The molecule has 4 heteroatoms. The molecule has 144 valence electrons. The molecule has 0 unspecified atom stereocenters. The van der Waals surface area contributed by atoms with E-state index in [1.54, 1.807) is 7.11 Å². The Bertz CT molecular complexity index is 719. The summed E-state index contributed by atoms with van der Waals surface area (Å²) in [7, 11) is 3.54. The zero-order chi connectivity index (χ0) is 19.1. The summed E-state index contributed by atoms with van der Waals surface area (Å²) >= 11 is 0. The quantitative estimate of drug-likeness (QED) is 0.733. The van der Waals surface area contributed by atoms with Gasteiger partial charge in [0.05, 0.1) is 7.11 Å². The van der Waals surface area contributed by atoms with Crippen LogP contribution in [0, 0.1) is 0 Å². The van der Waals surface area contributed by atoms with E-state index >= 15 is 0 Å². The highest BCUT2D eigenvalue weighted by molar-refractivity contribution is 5.76. The predicted molar refractivity (Wildman–Crippen MR) is 110 cm³/mol. The van der Waals surface area contributed by atoms with Crippen LogP contribution in [0.3, 0.4) is 0 Å². The normalized spacial score (nSPS) is 14.1. The van der Waals surface area contributed by atoms with Crippen LogP contribution in [0.1, 0.15) is 36.8 Å². The minimum Gasteiger partial charge on any atom is -0.497 e. The van der Waals surface area contributed by atoms with E-state index < -0.39 is 0 Å². The second-order valence-corrected chi connectivity index (χ2v) is 7.31. The van der Waals surface area contributed by atoms with E-state index in [0.29, 0.717) is 13.0 Å². The molecule has 1 saturated heterocycles. The lowest BCUT2D eigenvalue weighted by Crippen LogP contribution is -2.29. The third-order valence-electron chi connectivity index (χ3n) is 5.29. The molecule has 1 aliphatic heterocycles. The molecule has 0 aliphatic carbocycles. The molecule has 1 fully saturated rings. The summed E-state index contributed by atoms with van der Waals surface area (Å²) in [5.74, 6) is 1.01. The summed E-state index contributed by atoms with van der Waals surface area (Å²) in [5.41, 5.74) is 3.63. The number of carbonyl (C=O) groups excluding carboxylic acids is 1. The molecule has 0 bridgehead atoms. The Morgan fingerprint density at radius 3 is 2.22 bits per heavy atom. The van der Waals surface area contributed by atoms with Crippen molar-refractivity contribution in [1.82, 2.24) is 4.90 Å². The monoisotopic (exact) mass is 366 g/mol. The summed E-state index contributed by atoms with van der Waals surface area (Å²) < 4.78 is 5.17. The van der Waals surface area contributed by atoms with Crippen molar-refractivity contribution >= 4 is 11.6 Å². The van der Waals surface area contributed by atoms with Gasteiger partial charge in [-0.15, -0.1) is 0 Å². The lowest BCUT2D eigenvalue weighted by Gasteiger charge is -2.29. The summed E-state index contributed by atoms with van der Waals surface area (Å²) in [6.07, 6.45) is 5.19. The SMILES string of the molecule is COc1ccc(CCC(=O)N(C)Cc2ccc(N3CCCCC3)cc2)cc1. The van der Waals surface area contributed by atoms with E-state index in [1.165, 1.54) is 30.5 Å². The zero-order valence-corrected chi connectivity index (χ0v) is 16.5. The highest BCUT2D eigenvalue weighted by Gasteiger charge is 2.12. The Kier molecular flexibility index (Phi) is 6.74. The van der Waals surface area contributed by atoms with Crippen LogP contribution in [0.5, 0.6) is 5.75 Å². The smallest absolute Gasteiger partial charge is 0.222 e. The van der Waals surface area contributed by atoms with E-state index in [1.807, 2.05) is 36.2 Å². The Balaban J connectivity index is 1.48. The van der Waals surface area contributed by atoms with Crippen LogP contribution in [-0.2, 0) is 17.8 Å². The van der Waals surface area contributed by atoms with E-state index in [-0.39, 0.29) is 5.91 Å². The number of hydrogen-bond donors (Lipinski definition) is 0. The Morgan fingerprint density at radius 2 is 1.59 bits per heavy atom. The third-order valence-corrected chi connectivity index (χ3v) is 5.29. The fourth-order valence-corrected chi connectivity index (χ4v) is 3.56. The van der Waals surface area contributed by atoms with Crippen molar-refractivity contribution in [3.05, 3.63) is 59.7 Å². The first-order valence-corrected chi connectivity index (χ1v) is 9.86. The second kappa shape index (κ2) is 9.45. The highest BCUT2D eigenvalue weighted by atomic mass is 16.5. The van der Waals surface area contributed by atoms with Crippen molar-refractivity contribution in [1.29, 1.82) is 0 Å². The van der Waals surface area contributed by atoms with Gasteiger partial charge in [-0.3, -0.25) is 4.79 Å². The number of piperidine rings is 1. The van der Waals surface area contributed by atoms with Crippen molar-refractivity contribution in [2.24, 2.45) is 0 Å². The standard InChI is InChI=1S/C23H30N2O2/c1-24(23(26)15-10-19-8-13-22(27-2)14-9-19)18-20-6-11-21(12-7-20)25-16-4-3-5-17-25/h6-9,11-14H,3-5,10,15-18H2,1-2H3. The van der Waals surface area contributed by atoms with Gasteiger partial charge in [-0.25, -0.2) is 0 Å². The van der Waals surface area contributed by atoms with Crippen LogP contribution in [-0.4, -0.2) is 38.1 Å². The number of ether oxygens (including phenoxy) is 1. The number of amides is 1. The van der Waals surface area contributed by atoms with Gasteiger partial charge in [0.1, 0.15) is 5.75 Å². The van der Waals surface area contributed by atoms with Gasteiger partial charge in [-0.05, 0) is 61.1 Å². The number of hydrogen-bond acceptors (Lipinski definition) is 3. The van der Waals surface area contributed by atoms with Crippen LogP contribution < -0.4 is 9.64 Å². The molecule has 27 heavy (non-hydrogen) atoms. The van der Waals surface area contributed by atoms with Gasteiger partial charge in [-0.2, -0.15) is 0 Å². The first kappa shape index (κ1) is 19.3. The zero-order valence-electron chi connectivity index (χ0n) is 16.5. The van der Waals surface area contributed by atoms with Crippen molar-refractivity contribution < 1.29 is 9.53 Å². The molecule has 0 N–H and O–H groups in total. The summed E-state index contributed by atoms with van der Waals surface area (Å²) in [5, 5.41) is 0. The number of rotatable bonds is 7. The van der Waals surface area contributed by atoms with Crippen LogP contribution >= 0.6 is 0 Å². The average Bonchev–Trinajstić information content (AvgIpc) is 2.73. The average molecular weight is 367 g/mol. The second-order valence-electron chi connectivity index (χ2n) is 7.31. The van der Waals surface area contributed by atoms with Crippen LogP contribution in [0.25, 0.3) is 0 Å². The Hall–Kier alpha value is -2.49. The number of benzene rings is 2. The van der Waals surface area contributed by atoms with Gasteiger partial charge in [-0.1, -0.05) is 24.3 Å². The molecule has 1 amide bonds. The fraction of sp³-hybridized carbons (Fsp3) is 0.435. The Labute approximate surface area is 162 Å². The van der Waals surface area contributed by atoms with Gasteiger partial charge in [0.15, 0.2) is 0 Å². The topological polar surface area (TPSA) is 32.8 Å². The van der Waals surface area contributed by atoms with Gasteiger partial charge in [0, 0.05) is 38.8 Å². The van der Waals surface area contributed by atoms with Gasteiger partial charge in [0.2, 0.25) is 5.91 Å². The van der Waals surface area contributed by atoms with Gasteiger partial charge < -0.3 is 14.5 Å². The highest BCUT2D eigenvalue weighted by Crippen LogP contribution is 2.21. The first-order chi connectivity index (χ1) is 13.2. The number of anilines is 1. The lowest BCUT2D eigenvalue weighted by molar-refractivity contribution is -0.130. The summed E-state index contributed by atoms with van der Waals surface area (Å²) in [4.78, 5) is 16.7. The van der Waals surface area contributed by atoms with Crippen LogP contribution in [0.2, 0.25) is 0 Å². The minimum atomic E-state index is 0.172. The molecule has 0 aromatic heterocycles. The van der Waals surface area contributed by atoms with Crippen molar-refractivity contribution in [3.8, 4) is 5.75 Å². The van der Waals surface area contributed by atoms with Crippen molar-refractivity contribution in [2.45, 2.75) is 38.6 Å². The van der Waals surface area contributed by atoms with E-state index in [9.17, 15) is 4.79 Å². The molecule has 0 spiro atoms.